The smallest absolute Gasteiger partial charge is 0.341 e. The average Bonchev–Trinajstić information content (AvgIpc) is 2.85. The standard InChI is InChI=1S/C17H21NO3S/c1-5-21-17(19)14-13(15(10(2)3)22-16(14)18)11-6-8-12(20-4)9-7-11/h6-10H,5,18H2,1-4H3. The van der Waals surface area contributed by atoms with E-state index < -0.39 is 0 Å². The summed E-state index contributed by atoms with van der Waals surface area (Å²) in [6.45, 7) is 6.30. The monoisotopic (exact) mass is 319 g/mol. The van der Waals surface area contributed by atoms with Gasteiger partial charge in [0.1, 0.15) is 16.3 Å². The van der Waals surface area contributed by atoms with Gasteiger partial charge in [-0.15, -0.1) is 11.3 Å². The van der Waals surface area contributed by atoms with Crippen molar-refractivity contribution in [3.8, 4) is 16.9 Å². The van der Waals surface area contributed by atoms with Crippen molar-refractivity contribution in [3.63, 3.8) is 0 Å². The number of thiophene rings is 1. The third-order valence-electron chi connectivity index (χ3n) is 3.35. The summed E-state index contributed by atoms with van der Waals surface area (Å²) in [5.41, 5.74) is 8.39. The molecule has 0 saturated heterocycles. The molecule has 0 aliphatic heterocycles. The minimum atomic E-state index is -0.367. The lowest BCUT2D eigenvalue weighted by atomic mass is 9.97. The van der Waals surface area contributed by atoms with Crippen LogP contribution in [0.1, 0.15) is 41.9 Å². The van der Waals surface area contributed by atoms with Crippen molar-refractivity contribution in [1.29, 1.82) is 0 Å². The first kappa shape index (κ1) is 16.4. The molecule has 0 spiro atoms. The van der Waals surface area contributed by atoms with Crippen molar-refractivity contribution >= 4 is 22.3 Å². The Morgan fingerprint density at radius 2 is 1.91 bits per heavy atom. The summed E-state index contributed by atoms with van der Waals surface area (Å²) in [5.74, 6) is 0.678. The van der Waals surface area contributed by atoms with Gasteiger partial charge in [0, 0.05) is 10.4 Å². The van der Waals surface area contributed by atoms with Crippen LogP contribution in [-0.2, 0) is 4.74 Å². The number of anilines is 1. The minimum absolute atomic E-state index is 0.271. The van der Waals surface area contributed by atoms with E-state index in [0.29, 0.717) is 17.2 Å². The topological polar surface area (TPSA) is 61.5 Å². The molecule has 5 heteroatoms. The van der Waals surface area contributed by atoms with E-state index in [1.165, 1.54) is 11.3 Å². The van der Waals surface area contributed by atoms with Crippen LogP contribution in [0.3, 0.4) is 0 Å². The van der Waals surface area contributed by atoms with Gasteiger partial charge in [-0.25, -0.2) is 4.79 Å². The van der Waals surface area contributed by atoms with Crippen molar-refractivity contribution in [3.05, 3.63) is 34.7 Å². The van der Waals surface area contributed by atoms with Gasteiger partial charge in [-0.05, 0) is 30.5 Å². The Balaban J connectivity index is 2.61. The fraction of sp³-hybridized carbons (Fsp3) is 0.353. The molecule has 2 rings (SSSR count). The molecule has 0 fully saturated rings. The number of benzene rings is 1. The molecule has 1 heterocycles. The molecule has 0 amide bonds. The lowest BCUT2D eigenvalue weighted by Crippen LogP contribution is -2.07. The zero-order chi connectivity index (χ0) is 16.3. The van der Waals surface area contributed by atoms with E-state index in [9.17, 15) is 4.79 Å². The van der Waals surface area contributed by atoms with Gasteiger partial charge in [0.15, 0.2) is 0 Å². The van der Waals surface area contributed by atoms with Crippen LogP contribution in [-0.4, -0.2) is 19.7 Å². The van der Waals surface area contributed by atoms with E-state index in [1.807, 2.05) is 24.3 Å². The third kappa shape index (κ3) is 3.09. The quantitative estimate of drug-likeness (QED) is 0.834. The SMILES string of the molecule is CCOC(=O)c1c(N)sc(C(C)C)c1-c1ccc(OC)cc1. The molecule has 2 aromatic rings. The summed E-state index contributed by atoms with van der Waals surface area (Å²) >= 11 is 1.45. The number of carbonyl (C=O) groups is 1. The molecule has 0 bridgehead atoms. The normalized spacial score (nSPS) is 10.8. The molecule has 118 valence electrons. The average molecular weight is 319 g/mol. The number of rotatable bonds is 5. The van der Waals surface area contributed by atoms with Gasteiger partial charge >= 0.3 is 5.97 Å². The van der Waals surface area contributed by atoms with E-state index in [0.717, 1.165) is 21.8 Å². The Hall–Kier alpha value is -2.01. The van der Waals surface area contributed by atoms with Gasteiger partial charge in [0.2, 0.25) is 0 Å². The zero-order valence-corrected chi connectivity index (χ0v) is 14.1. The van der Waals surface area contributed by atoms with Crippen LogP contribution < -0.4 is 10.5 Å². The van der Waals surface area contributed by atoms with Gasteiger partial charge in [-0.3, -0.25) is 0 Å². The highest BCUT2D eigenvalue weighted by molar-refractivity contribution is 7.17. The highest BCUT2D eigenvalue weighted by Gasteiger charge is 2.25. The number of carbonyl (C=O) groups excluding carboxylic acids is 1. The fourth-order valence-electron chi connectivity index (χ4n) is 2.32. The van der Waals surface area contributed by atoms with E-state index in [1.54, 1.807) is 14.0 Å². The Kier molecular flexibility index (Phi) is 5.08. The first-order chi connectivity index (χ1) is 10.5. The van der Waals surface area contributed by atoms with Crippen molar-refractivity contribution in [2.75, 3.05) is 19.5 Å². The lowest BCUT2D eigenvalue weighted by Gasteiger charge is -2.10. The highest BCUT2D eigenvalue weighted by Crippen LogP contribution is 2.43. The van der Waals surface area contributed by atoms with Gasteiger partial charge in [-0.2, -0.15) is 0 Å². The molecule has 0 aliphatic carbocycles. The van der Waals surface area contributed by atoms with Crippen molar-refractivity contribution < 1.29 is 14.3 Å². The summed E-state index contributed by atoms with van der Waals surface area (Å²) < 4.78 is 10.4. The Morgan fingerprint density at radius 3 is 2.41 bits per heavy atom. The molecular weight excluding hydrogens is 298 g/mol. The first-order valence-corrected chi connectivity index (χ1v) is 8.04. The van der Waals surface area contributed by atoms with E-state index in [-0.39, 0.29) is 11.9 Å². The number of nitrogens with two attached hydrogens (primary N) is 1. The second-order valence-corrected chi connectivity index (χ2v) is 6.27. The summed E-state index contributed by atoms with van der Waals surface area (Å²) in [4.78, 5) is 13.4. The second-order valence-electron chi connectivity index (χ2n) is 5.18. The van der Waals surface area contributed by atoms with Crippen LogP contribution in [0.15, 0.2) is 24.3 Å². The number of hydrogen-bond donors (Lipinski definition) is 1. The lowest BCUT2D eigenvalue weighted by molar-refractivity contribution is 0.0529. The maximum Gasteiger partial charge on any atom is 0.341 e. The molecule has 1 aromatic carbocycles. The molecule has 0 radical (unpaired) electrons. The van der Waals surface area contributed by atoms with Crippen LogP contribution >= 0.6 is 11.3 Å². The zero-order valence-electron chi connectivity index (χ0n) is 13.3. The molecule has 0 aliphatic rings. The van der Waals surface area contributed by atoms with Crippen LogP contribution in [0, 0.1) is 0 Å². The highest BCUT2D eigenvalue weighted by atomic mass is 32.1. The fourth-order valence-corrected chi connectivity index (χ4v) is 3.41. The van der Waals surface area contributed by atoms with E-state index >= 15 is 0 Å². The Morgan fingerprint density at radius 1 is 1.27 bits per heavy atom. The summed E-state index contributed by atoms with van der Waals surface area (Å²) in [6, 6.07) is 7.63. The second kappa shape index (κ2) is 6.83. The molecule has 22 heavy (non-hydrogen) atoms. The first-order valence-electron chi connectivity index (χ1n) is 7.23. The minimum Gasteiger partial charge on any atom is -0.497 e. The summed E-state index contributed by atoms with van der Waals surface area (Å²) in [7, 11) is 1.63. The number of nitrogen functional groups attached to an aromatic ring is 1. The molecule has 1 aromatic heterocycles. The molecule has 2 N–H and O–H groups in total. The van der Waals surface area contributed by atoms with Crippen LogP contribution in [0.5, 0.6) is 5.75 Å². The Labute approximate surface area is 134 Å². The maximum absolute atomic E-state index is 12.3. The molecule has 4 nitrogen and oxygen atoms in total. The predicted molar refractivity (Wildman–Crippen MR) is 90.8 cm³/mol. The molecular formula is C17H21NO3S. The van der Waals surface area contributed by atoms with E-state index in [4.69, 9.17) is 15.2 Å². The largest absolute Gasteiger partial charge is 0.497 e. The Bertz CT molecular complexity index is 659. The van der Waals surface area contributed by atoms with Gasteiger partial charge in [-0.1, -0.05) is 26.0 Å². The maximum atomic E-state index is 12.3. The van der Waals surface area contributed by atoms with E-state index in [2.05, 4.69) is 13.8 Å². The number of esters is 1. The molecule has 0 unspecified atom stereocenters. The van der Waals surface area contributed by atoms with Crippen molar-refractivity contribution in [2.24, 2.45) is 0 Å². The van der Waals surface area contributed by atoms with Crippen molar-refractivity contribution in [1.82, 2.24) is 0 Å². The predicted octanol–water partition coefficient (Wildman–Crippen LogP) is 4.31. The summed E-state index contributed by atoms with van der Waals surface area (Å²) in [5, 5.41) is 0.507. The number of methoxy groups -OCH3 is 1. The van der Waals surface area contributed by atoms with Crippen LogP contribution in [0.2, 0.25) is 0 Å². The summed E-state index contributed by atoms with van der Waals surface area (Å²) in [6.07, 6.45) is 0. The molecule has 0 atom stereocenters. The van der Waals surface area contributed by atoms with Gasteiger partial charge in [0.25, 0.3) is 0 Å². The number of hydrogen-bond acceptors (Lipinski definition) is 5. The van der Waals surface area contributed by atoms with Crippen LogP contribution in [0.25, 0.3) is 11.1 Å². The molecule has 0 saturated carbocycles. The van der Waals surface area contributed by atoms with Crippen LogP contribution in [0.4, 0.5) is 5.00 Å². The van der Waals surface area contributed by atoms with Gasteiger partial charge in [0.05, 0.1) is 13.7 Å². The third-order valence-corrected chi connectivity index (χ3v) is 4.66. The van der Waals surface area contributed by atoms with Gasteiger partial charge < -0.3 is 15.2 Å². The number of ether oxygens (including phenoxy) is 2. The van der Waals surface area contributed by atoms with Crippen molar-refractivity contribution in [2.45, 2.75) is 26.7 Å².